The molecule has 0 rings (SSSR count). The van der Waals surface area contributed by atoms with Gasteiger partial charge < -0.3 is 0 Å². The molecule has 0 bridgehead atoms. The number of rotatable bonds is 4. The molecular weight excluding hydrogens is 146 g/mol. The summed E-state index contributed by atoms with van der Waals surface area (Å²) in [5.74, 6) is -2.39. The van der Waals surface area contributed by atoms with Gasteiger partial charge in [-0.1, -0.05) is 32.9 Å². The minimum absolute atomic E-state index is 0.0985. The second-order valence-electron chi connectivity index (χ2n) is 3.20. The minimum atomic E-state index is -2.55. The third-order valence-electron chi connectivity index (χ3n) is 1.82. The minimum Gasteiger partial charge on any atom is -0.207 e. The third-order valence-corrected chi connectivity index (χ3v) is 1.82. The summed E-state index contributed by atoms with van der Waals surface area (Å²) >= 11 is 0. The molecule has 0 spiro atoms. The van der Waals surface area contributed by atoms with Gasteiger partial charge in [-0.15, -0.1) is 0 Å². The molecular formula is C9H16F2. The molecule has 0 saturated carbocycles. The van der Waals surface area contributed by atoms with Crippen molar-refractivity contribution in [2.45, 2.75) is 39.5 Å². The van der Waals surface area contributed by atoms with Crippen LogP contribution in [-0.4, -0.2) is 5.92 Å². The molecule has 0 heterocycles. The first-order valence-electron chi connectivity index (χ1n) is 3.94. The predicted molar refractivity (Wildman–Crippen MR) is 43.8 cm³/mol. The van der Waals surface area contributed by atoms with E-state index in [1.807, 2.05) is 13.8 Å². The van der Waals surface area contributed by atoms with Crippen LogP contribution in [0.2, 0.25) is 0 Å². The van der Waals surface area contributed by atoms with Crippen LogP contribution in [0.4, 0.5) is 8.78 Å². The summed E-state index contributed by atoms with van der Waals surface area (Å²) < 4.78 is 25.4. The fourth-order valence-corrected chi connectivity index (χ4v) is 0.661. The first-order valence-corrected chi connectivity index (χ1v) is 3.94. The number of hydrogen-bond donors (Lipinski definition) is 0. The third kappa shape index (κ3) is 4.12. The van der Waals surface area contributed by atoms with Crippen molar-refractivity contribution in [1.82, 2.24) is 0 Å². The first kappa shape index (κ1) is 10.6. The zero-order valence-corrected chi connectivity index (χ0v) is 7.45. The summed E-state index contributed by atoms with van der Waals surface area (Å²) in [5, 5.41) is 0. The van der Waals surface area contributed by atoms with E-state index in [2.05, 4.69) is 6.58 Å². The number of alkyl halides is 2. The average Bonchev–Trinajstić information content (AvgIpc) is 1.87. The second-order valence-corrected chi connectivity index (χ2v) is 3.20. The summed E-state index contributed by atoms with van der Waals surface area (Å²) in [6.07, 6.45) is -0.264. The van der Waals surface area contributed by atoms with Gasteiger partial charge in [-0.25, -0.2) is 8.78 Å². The van der Waals surface area contributed by atoms with Crippen LogP contribution in [0.15, 0.2) is 12.2 Å². The molecule has 0 aliphatic heterocycles. The summed E-state index contributed by atoms with van der Waals surface area (Å²) in [5.41, 5.74) is 0.636. The fraction of sp³-hybridized carbons (Fsp3) is 0.778. The molecule has 0 N–H and O–H groups in total. The van der Waals surface area contributed by atoms with Gasteiger partial charge in [0.15, 0.2) is 0 Å². The van der Waals surface area contributed by atoms with Gasteiger partial charge in [0.25, 0.3) is 5.92 Å². The predicted octanol–water partition coefficient (Wildman–Crippen LogP) is 3.63. The Kier molecular flexibility index (Phi) is 3.70. The SMILES string of the molecule is C=C(CC(F)(F)CC)C(C)C. The van der Waals surface area contributed by atoms with Gasteiger partial charge in [0, 0.05) is 12.8 Å². The standard InChI is InChI=1S/C9H16F2/c1-5-9(10,11)6-8(4)7(2)3/h7H,4-6H2,1-3H3. The fourth-order valence-electron chi connectivity index (χ4n) is 0.661. The smallest absolute Gasteiger partial charge is 0.207 e. The summed E-state index contributed by atoms with van der Waals surface area (Å²) in [6.45, 7) is 8.87. The lowest BCUT2D eigenvalue weighted by Crippen LogP contribution is -2.16. The van der Waals surface area contributed by atoms with Gasteiger partial charge in [0.05, 0.1) is 0 Å². The molecule has 0 aliphatic rings. The average molecular weight is 162 g/mol. The molecule has 0 atom stereocenters. The highest BCUT2D eigenvalue weighted by atomic mass is 19.3. The second kappa shape index (κ2) is 3.84. The number of hydrogen-bond acceptors (Lipinski definition) is 0. The molecule has 0 aliphatic carbocycles. The van der Waals surface area contributed by atoms with E-state index in [0.29, 0.717) is 5.57 Å². The lowest BCUT2D eigenvalue weighted by molar-refractivity contribution is -0.00376. The van der Waals surface area contributed by atoms with Crippen molar-refractivity contribution in [2.24, 2.45) is 5.92 Å². The number of halogens is 2. The van der Waals surface area contributed by atoms with E-state index in [9.17, 15) is 8.78 Å². The lowest BCUT2D eigenvalue weighted by Gasteiger charge is -2.17. The van der Waals surface area contributed by atoms with Gasteiger partial charge in [-0.05, 0) is 5.92 Å². The number of allylic oxidation sites excluding steroid dienone is 1. The molecule has 0 radical (unpaired) electrons. The van der Waals surface area contributed by atoms with E-state index in [0.717, 1.165) is 0 Å². The van der Waals surface area contributed by atoms with Crippen LogP contribution in [0.5, 0.6) is 0 Å². The van der Waals surface area contributed by atoms with Crippen molar-refractivity contribution in [3.05, 3.63) is 12.2 Å². The quantitative estimate of drug-likeness (QED) is 0.554. The Morgan fingerprint density at radius 1 is 1.45 bits per heavy atom. The Bertz CT molecular complexity index is 136. The normalized spacial score (nSPS) is 12.2. The topological polar surface area (TPSA) is 0 Å². The Labute approximate surface area is 67.3 Å². The molecule has 0 unspecified atom stereocenters. The molecule has 0 aromatic carbocycles. The van der Waals surface area contributed by atoms with E-state index in [1.54, 1.807) is 0 Å². The highest BCUT2D eigenvalue weighted by molar-refractivity contribution is 5.00. The zero-order valence-electron chi connectivity index (χ0n) is 7.45. The van der Waals surface area contributed by atoms with Crippen LogP contribution in [0, 0.1) is 5.92 Å². The van der Waals surface area contributed by atoms with Gasteiger partial charge >= 0.3 is 0 Å². The van der Waals surface area contributed by atoms with E-state index >= 15 is 0 Å². The van der Waals surface area contributed by atoms with Crippen LogP contribution in [0.1, 0.15) is 33.6 Å². The van der Waals surface area contributed by atoms with Crippen molar-refractivity contribution in [2.75, 3.05) is 0 Å². The molecule has 2 heteroatoms. The Morgan fingerprint density at radius 2 is 1.91 bits per heavy atom. The summed E-state index contributed by atoms with van der Waals surface area (Å²) in [6, 6.07) is 0. The van der Waals surface area contributed by atoms with Crippen LogP contribution >= 0.6 is 0 Å². The van der Waals surface area contributed by atoms with Gasteiger partial charge in [-0.2, -0.15) is 0 Å². The molecule has 0 saturated heterocycles. The molecule has 0 fully saturated rings. The van der Waals surface area contributed by atoms with Gasteiger partial charge in [0.2, 0.25) is 0 Å². The van der Waals surface area contributed by atoms with Crippen LogP contribution in [0.3, 0.4) is 0 Å². The summed E-state index contributed by atoms with van der Waals surface area (Å²) in [7, 11) is 0. The lowest BCUT2D eigenvalue weighted by atomic mass is 9.97. The Hall–Kier alpha value is -0.400. The Balaban J connectivity index is 3.94. The highest BCUT2D eigenvalue weighted by Gasteiger charge is 2.27. The van der Waals surface area contributed by atoms with Crippen molar-refractivity contribution in [1.29, 1.82) is 0 Å². The molecule has 0 aromatic rings. The molecule has 0 aromatic heterocycles. The van der Waals surface area contributed by atoms with Crippen molar-refractivity contribution >= 4 is 0 Å². The zero-order chi connectivity index (χ0) is 9.07. The van der Waals surface area contributed by atoms with E-state index in [1.165, 1.54) is 6.92 Å². The van der Waals surface area contributed by atoms with Crippen LogP contribution in [0.25, 0.3) is 0 Å². The monoisotopic (exact) mass is 162 g/mol. The van der Waals surface area contributed by atoms with Crippen molar-refractivity contribution in [3.63, 3.8) is 0 Å². The highest BCUT2D eigenvalue weighted by Crippen LogP contribution is 2.28. The van der Waals surface area contributed by atoms with Crippen molar-refractivity contribution < 1.29 is 8.78 Å². The van der Waals surface area contributed by atoms with E-state index in [-0.39, 0.29) is 18.8 Å². The maximum Gasteiger partial charge on any atom is 0.251 e. The molecule has 0 nitrogen and oxygen atoms in total. The van der Waals surface area contributed by atoms with E-state index in [4.69, 9.17) is 0 Å². The molecule has 0 amide bonds. The Morgan fingerprint density at radius 3 is 2.18 bits per heavy atom. The molecule has 11 heavy (non-hydrogen) atoms. The maximum absolute atomic E-state index is 12.7. The van der Waals surface area contributed by atoms with Crippen LogP contribution in [-0.2, 0) is 0 Å². The van der Waals surface area contributed by atoms with Gasteiger partial charge in [0.1, 0.15) is 0 Å². The first-order chi connectivity index (χ1) is 4.89. The largest absolute Gasteiger partial charge is 0.251 e. The van der Waals surface area contributed by atoms with Crippen molar-refractivity contribution in [3.8, 4) is 0 Å². The molecule has 66 valence electrons. The van der Waals surface area contributed by atoms with Crippen LogP contribution < -0.4 is 0 Å². The maximum atomic E-state index is 12.7. The van der Waals surface area contributed by atoms with Gasteiger partial charge in [-0.3, -0.25) is 0 Å². The van der Waals surface area contributed by atoms with E-state index < -0.39 is 5.92 Å². The summed E-state index contributed by atoms with van der Waals surface area (Å²) in [4.78, 5) is 0.